The highest BCUT2D eigenvalue weighted by molar-refractivity contribution is 4.93. The number of rotatable bonds is 6. The van der Waals surface area contributed by atoms with E-state index in [1.54, 1.807) is 0 Å². The van der Waals surface area contributed by atoms with E-state index in [4.69, 9.17) is 4.74 Å². The molecule has 2 aliphatic heterocycles. The minimum Gasteiger partial charge on any atom is -0.380 e. The predicted octanol–water partition coefficient (Wildman–Crippen LogP) is 3.00. The molecule has 0 aromatic rings. The molecular weight excluding hydrogens is 248 g/mol. The molecule has 3 heteroatoms. The van der Waals surface area contributed by atoms with Crippen molar-refractivity contribution in [3.8, 4) is 0 Å². The van der Waals surface area contributed by atoms with Crippen LogP contribution in [0.25, 0.3) is 0 Å². The third kappa shape index (κ3) is 3.75. The monoisotopic (exact) mass is 282 g/mol. The maximum absolute atomic E-state index is 5.78. The maximum atomic E-state index is 5.78. The van der Waals surface area contributed by atoms with Crippen LogP contribution < -0.4 is 0 Å². The minimum atomic E-state index is 0.587. The molecule has 2 fully saturated rings. The second-order valence-electron chi connectivity index (χ2n) is 6.87. The second kappa shape index (κ2) is 7.77. The Kier molecular flexibility index (Phi) is 6.31. The molecule has 2 heterocycles. The fraction of sp³-hybridized carbons (Fsp3) is 1.00. The third-order valence-electron chi connectivity index (χ3n) is 5.24. The summed E-state index contributed by atoms with van der Waals surface area (Å²) in [6.45, 7) is 14.7. The summed E-state index contributed by atoms with van der Waals surface area (Å²) >= 11 is 0. The molecule has 118 valence electrons. The van der Waals surface area contributed by atoms with E-state index in [9.17, 15) is 0 Å². The molecule has 2 saturated heterocycles. The van der Waals surface area contributed by atoms with Crippen molar-refractivity contribution >= 4 is 0 Å². The Hall–Kier alpha value is -0.120. The van der Waals surface area contributed by atoms with E-state index in [2.05, 4.69) is 37.5 Å². The van der Waals surface area contributed by atoms with Gasteiger partial charge in [0.1, 0.15) is 0 Å². The Morgan fingerprint density at radius 1 is 1.15 bits per heavy atom. The van der Waals surface area contributed by atoms with Crippen molar-refractivity contribution in [2.24, 2.45) is 5.92 Å². The predicted molar refractivity (Wildman–Crippen MR) is 85.1 cm³/mol. The van der Waals surface area contributed by atoms with Gasteiger partial charge in [-0.2, -0.15) is 0 Å². The molecule has 3 atom stereocenters. The molecular formula is C17H34N2O. The summed E-state index contributed by atoms with van der Waals surface area (Å²) in [5.41, 5.74) is 0. The van der Waals surface area contributed by atoms with E-state index >= 15 is 0 Å². The number of nitrogens with zero attached hydrogens (tertiary/aromatic N) is 2. The Labute approximate surface area is 125 Å². The first-order valence-electron chi connectivity index (χ1n) is 8.74. The molecule has 0 aromatic carbocycles. The smallest absolute Gasteiger partial charge is 0.0624 e. The second-order valence-corrected chi connectivity index (χ2v) is 6.87. The summed E-state index contributed by atoms with van der Waals surface area (Å²) in [4.78, 5) is 5.54. The molecule has 0 saturated carbocycles. The van der Waals surface area contributed by atoms with E-state index in [1.807, 2.05) is 0 Å². The van der Waals surface area contributed by atoms with E-state index in [-0.39, 0.29) is 0 Å². The summed E-state index contributed by atoms with van der Waals surface area (Å²) in [6.07, 6.45) is 5.48. The van der Waals surface area contributed by atoms with E-state index in [0.29, 0.717) is 12.0 Å². The van der Waals surface area contributed by atoms with Gasteiger partial charge in [-0.15, -0.1) is 0 Å². The van der Waals surface area contributed by atoms with Crippen LogP contribution in [0.1, 0.15) is 53.4 Å². The molecule has 3 unspecified atom stereocenters. The molecule has 0 N–H and O–H groups in total. The fourth-order valence-electron chi connectivity index (χ4n) is 3.95. The number of piperidine rings is 1. The zero-order valence-corrected chi connectivity index (χ0v) is 14.0. The summed E-state index contributed by atoms with van der Waals surface area (Å²) in [7, 11) is 0. The number of piperazine rings is 1. The fourth-order valence-corrected chi connectivity index (χ4v) is 3.95. The lowest BCUT2D eigenvalue weighted by atomic mass is 9.92. The van der Waals surface area contributed by atoms with Crippen molar-refractivity contribution in [3.63, 3.8) is 0 Å². The Morgan fingerprint density at radius 2 is 1.95 bits per heavy atom. The van der Waals surface area contributed by atoms with Crippen LogP contribution in [0.4, 0.5) is 0 Å². The average molecular weight is 282 g/mol. The van der Waals surface area contributed by atoms with Crippen LogP contribution in [-0.2, 0) is 4.74 Å². The van der Waals surface area contributed by atoms with Gasteiger partial charge in [0.25, 0.3) is 0 Å². The zero-order chi connectivity index (χ0) is 14.5. The quantitative estimate of drug-likeness (QED) is 0.745. The van der Waals surface area contributed by atoms with Crippen LogP contribution in [0, 0.1) is 5.92 Å². The maximum Gasteiger partial charge on any atom is 0.0624 e. The van der Waals surface area contributed by atoms with Crippen LogP contribution >= 0.6 is 0 Å². The van der Waals surface area contributed by atoms with Crippen LogP contribution in [0.15, 0.2) is 0 Å². The van der Waals surface area contributed by atoms with Gasteiger partial charge in [-0.25, -0.2) is 0 Å². The van der Waals surface area contributed by atoms with Gasteiger partial charge in [0.2, 0.25) is 0 Å². The summed E-state index contributed by atoms with van der Waals surface area (Å²) in [5, 5.41) is 0. The van der Waals surface area contributed by atoms with Crippen molar-refractivity contribution in [3.05, 3.63) is 0 Å². The highest BCUT2D eigenvalue weighted by Gasteiger charge is 2.38. The van der Waals surface area contributed by atoms with Crippen LogP contribution in [0.2, 0.25) is 0 Å². The van der Waals surface area contributed by atoms with Crippen molar-refractivity contribution in [2.45, 2.75) is 71.5 Å². The van der Waals surface area contributed by atoms with Gasteiger partial charge in [0.15, 0.2) is 0 Å². The zero-order valence-electron chi connectivity index (χ0n) is 14.0. The molecule has 0 amide bonds. The van der Waals surface area contributed by atoms with E-state index in [1.165, 1.54) is 45.3 Å². The number of fused-ring (bicyclic) bond motifs is 1. The first-order chi connectivity index (χ1) is 9.67. The highest BCUT2D eigenvalue weighted by atomic mass is 16.5. The Balaban J connectivity index is 2.05. The van der Waals surface area contributed by atoms with Crippen LogP contribution in [-0.4, -0.2) is 60.8 Å². The lowest BCUT2D eigenvalue weighted by Crippen LogP contribution is -2.63. The first-order valence-corrected chi connectivity index (χ1v) is 8.74. The Morgan fingerprint density at radius 3 is 2.60 bits per heavy atom. The summed E-state index contributed by atoms with van der Waals surface area (Å²) in [5.74, 6) is 0.672. The van der Waals surface area contributed by atoms with Gasteiger partial charge in [-0.1, -0.05) is 27.2 Å². The SMILES string of the molecule is CCOCC(C(C)C)N1CC2CCCCN2CC1CC. The van der Waals surface area contributed by atoms with Gasteiger partial charge in [0.05, 0.1) is 6.61 Å². The summed E-state index contributed by atoms with van der Waals surface area (Å²) in [6, 6.07) is 2.11. The van der Waals surface area contributed by atoms with Gasteiger partial charge >= 0.3 is 0 Å². The van der Waals surface area contributed by atoms with Crippen molar-refractivity contribution in [1.82, 2.24) is 9.80 Å². The van der Waals surface area contributed by atoms with Gasteiger partial charge < -0.3 is 4.74 Å². The number of ether oxygens (including phenoxy) is 1. The average Bonchev–Trinajstić information content (AvgIpc) is 2.46. The molecule has 20 heavy (non-hydrogen) atoms. The van der Waals surface area contributed by atoms with Gasteiger partial charge in [0, 0.05) is 37.8 Å². The molecule has 3 nitrogen and oxygen atoms in total. The molecule has 0 aromatic heterocycles. The lowest BCUT2D eigenvalue weighted by molar-refractivity contribution is -0.0493. The van der Waals surface area contributed by atoms with E-state index < -0.39 is 0 Å². The van der Waals surface area contributed by atoms with Crippen molar-refractivity contribution in [1.29, 1.82) is 0 Å². The van der Waals surface area contributed by atoms with Crippen molar-refractivity contribution < 1.29 is 4.74 Å². The number of hydrogen-bond donors (Lipinski definition) is 0. The topological polar surface area (TPSA) is 15.7 Å². The lowest BCUT2D eigenvalue weighted by Gasteiger charge is -2.51. The summed E-state index contributed by atoms with van der Waals surface area (Å²) < 4.78 is 5.78. The normalized spacial score (nSPS) is 30.4. The van der Waals surface area contributed by atoms with E-state index in [0.717, 1.165) is 25.3 Å². The van der Waals surface area contributed by atoms with Crippen LogP contribution in [0.3, 0.4) is 0 Å². The van der Waals surface area contributed by atoms with Crippen LogP contribution in [0.5, 0.6) is 0 Å². The molecule has 0 spiro atoms. The van der Waals surface area contributed by atoms with Gasteiger partial charge in [-0.3, -0.25) is 9.80 Å². The standard InChI is InChI=1S/C17H34N2O/c1-5-15-11-18-10-8-7-9-16(18)12-19(15)17(14(3)4)13-20-6-2/h14-17H,5-13H2,1-4H3. The van der Waals surface area contributed by atoms with Crippen molar-refractivity contribution in [2.75, 3.05) is 32.8 Å². The highest BCUT2D eigenvalue weighted by Crippen LogP contribution is 2.28. The minimum absolute atomic E-state index is 0.587. The Bertz CT molecular complexity index is 282. The molecule has 2 aliphatic rings. The molecule has 2 rings (SSSR count). The van der Waals surface area contributed by atoms with Gasteiger partial charge in [-0.05, 0) is 38.6 Å². The first kappa shape index (κ1) is 16.3. The molecule has 0 radical (unpaired) electrons. The largest absolute Gasteiger partial charge is 0.380 e. The molecule has 0 aliphatic carbocycles. The third-order valence-corrected chi connectivity index (χ3v) is 5.24. The molecule has 0 bridgehead atoms. The number of hydrogen-bond acceptors (Lipinski definition) is 3.